The summed E-state index contributed by atoms with van der Waals surface area (Å²) in [5.74, 6) is -1.10. The summed E-state index contributed by atoms with van der Waals surface area (Å²) in [6, 6.07) is -0.822. The second-order valence-electron chi connectivity index (χ2n) is 4.95. The highest BCUT2D eigenvalue weighted by Crippen LogP contribution is 2.18. The topological polar surface area (TPSA) is 120 Å². The zero-order valence-corrected chi connectivity index (χ0v) is 13.3. The van der Waals surface area contributed by atoms with E-state index in [4.69, 9.17) is 0 Å². The van der Waals surface area contributed by atoms with E-state index in [1.807, 2.05) is 0 Å². The van der Waals surface area contributed by atoms with Gasteiger partial charge in [0.25, 0.3) is 5.91 Å². The Labute approximate surface area is 136 Å². The maximum Gasteiger partial charge on any atom is 0.309 e. The fraction of sp³-hybridized carbons (Fsp3) is 0.385. The normalized spacial score (nSPS) is 12.5. The van der Waals surface area contributed by atoms with Crippen LogP contribution in [0.4, 0.5) is 10.1 Å². The molecule has 0 fully saturated rings. The van der Waals surface area contributed by atoms with Crippen molar-refractivity contribution >= 4 is 17.8 Å². The number of hydrazone groups is 1. The largest absolute Gasteiger partial charge is 0.309 e. The van der Waals surface area contributed by atoms with Gasteiger partial charge in [-0.2, -0.15) is 19.7 Å². The standard InChI is InChI=1S/C13H16FN7O3/c1-4-19-12(14)10(6-16-19)5-15-17-13(22)9(3)20-7-11(21(23)24)8(2)18-20/h5-7,9H,4H2,1-3H3,(H,17,22)/b15-5-/t9-/m1/s1. The molecule has 128 valence electrons. The number of nitrogens with zero attached hydrogens (tertiary/aromatic N) is 6. The SMILES string of the molecule is CCn1ncc(/C=N\NC(=O)[C@@H](C)n2cc([N+](=O)[O-])c(C)n2)c1F. The van der Waals surface area contributed by atoms with Crippen LogP contribution in [0, 0.1) is 23.0 Å². The lowest BCUT2D eigenvalue weighted by Crippen LogP contribution is -2.27. The van der Waals surface area contributed by atoms with Crippen molar-refractivity contribution < 1.29 is 14.1 Å². The monoisotopic (exact) mass is 337 g/mol. The van der Waals surface area contributed by atoms with Crippen molar-refractivity contribution in [2.24, 2.45) is 5.10 Å². The molecular formula is C13H16FN7O3. The van der Waals surface area contributed by atoms with Crippen molar-refractivity contribution in [2.45, 2.75) is 33.4 Å². The van der Waals surface area contributed by atoms with Gasteiger partial charge in [-0.1, -0.05) is 0 Å². The van der Waals surface area contributed by atoms with Gasteiger partial charge in [-0.25, -0.2) is 10.1 Å². The van der Waals surface area contributed by atoms with Crippen LogP contribution in [0.15, 0.2) is 17.5 Å². The van der Waals surface area contributed by atoms with E-state index in [1.165, 1.54) is 30.9 Å². The van der Waals surface area contributed by atoms with E-state index in [9.17, 15) is 19.3 Å². The molecule has 10 nitrogen and oxygen atoms in total. The van der Waals surface area contributed by atoms with Crippen LogP contribution < -0.4 is 5.43 Å². The number of hydrogen-bond donors (Lipinski definition) is 1. The Bertz CT molecular complexity index is 796. The second-order valence-corrected chi connectivity index (χ2v) is 4.95. The third-order valence-corrected chi connectivity index (χ3v) is 3.34. The molecule has 0 aliphatic heterocycles. The first kappa shape index (κ1) is 17.2. The van der Waals surface area contributed by atoms with Crippen molar-refractivity contribution in [3.05, 3.63) is 39.7 Å². The Kier molecular flexibility index (Phi) is 5.02. The highest BCUT2D eigenvalue weighted by atomic mass is 19.1. The summed E-state index contributed by atoms with van der Waals surface area (Å²) in [7, 11) is 0. The molecule has 11 heteroatoms. The van der Waals surface area contributed by atoms with Gasteiger partial charge < -0.3 is 0 Å². The molecule has 2 rings (SSSR count). The Hall–Kier alpha value is -3.11. The molecule has 1 N–H and O–H groups in total. The van der Waals surface area contributed by atoms with E-state index < -0.39 is 22.8 Å². The highest BCUT2D eigenvalue weighted by Gasteiger charge is 2.21. The molecule has 0 saturated carbocycles. The van der Waals surface area contributed by atoms with E-state index in [2.05, 4.69) is 20.7 Å². The minimum absolute atomic E-state index is 0.135. The van der Waals surface area contributed by atoms with Gasteiger partial charge in [0.15, 0.2) is 0 Å². The van der Waals surface area contributed by atoms with E-state index >= 15 is 0 Å². The molecule has 1 atom stereocenters. The minimum atomic E-state index is -0.822. The summed E-state index contributed by atoms with van der Waals surface area (Å²) in [6.07, 6.45) is 3.60. The van der Waals surface area contributed by atoms with Gasteiger partial charge in [-0.05, 0) is 20.8 Å². The fourth-order valence-corrected chi connectivity index (χ4v) is 1.92. The zero-order chi connectivity index (χ0) is 17.9. The van der Waals surface area contributed by atoms with E-state index in [-0.39, 0.29) is 16.9 Å². The number of carbonyl (C=O) groups is 1. The van der Waals surface area contributed by atoms with Crippen LogP contribution >= 0.6 is 0 Å². The maximum atomic E-state index is 13.7. The summed E-state index contributed by atoms with van der Waals surface area (Å²) in [5, 5.41) is 22.2. The van der Waals surface area contributed by atoms with Crippen molar-refractivity contribution in [3.8, 4) is 0 Å². The molecule has 0 aromatic carbocycles. The molecule has 2 aromatic rings. The van der Waals surface area contributed by atoms with E-state index in [0.717, 1.165) is 10.9 Å². The lowest BCUT2D eigenvalue weighted by Gasteiger charge is -2.09. The summed E-state index contributed by atoms with van der Waals surface area (Å²) in [6.45, 7) is 5.11. The molecule has 24 heavy (non-hydrogen) atoms. The van der Waals surface area contributed by atoms with Gasteiger partial charge in [-0.3, -0.25) is 19.6 Å². The highest BCUT2D eigenvalue weighted by molar-refractivity contribution is 5.83. The number of amides is 1. The number of rotatable bonds is 6. The van der Waals surface area contributed by atoms with Crippen LogP contribution in [0.5, 0.6) is 0 Å². The number of aromatic nitrogens is 4. The van der Waals surface area contributed by atoms with E-state index in [0.29, 0.717) is 6.54 Å². The smallest absolute Gasteiger partial charge is 0.271 e. The number of halogens is 1. The second kappa shape index (κ2) is 6.98. The van der Waals surface area contributed by atoms with Crippen molar-refractivity contribution in [2.75, 3.05) is 0 Å². The van der Waals surface area contributed by atoms with Crippen LogP contribution in [0.1, 0.15) is 31.1 Å². The lowest BCUT2D eigenvalue weighted by molar-refractivity contribution is -0.385. The average Bonchev–Trinajstić information content (AvgIpc) is 3.10. The number of nitrogens with one attached hydrogen (secondary N) is 1. The zero-order valence-electron chi connectivity index (χ0n) is 13.3. The first-order valence-corrected chi connectivity index (χ1v) is 7.09. The van der Waals surface area contributed by atoms with Crippen LogP contribution in [-0.2, 0) is 11.3 Å². The summed E-state index contributed by atoms with van der Waals surface area (Å²) >= 11 is 0. The Balaban J connectivity index is 2.03. The van der Waals surface area contributed by atoms with Crippen molar-refractivity contribution in [1.29, 1.82) is 0 Å². The Morgan fingerprint density at radius 3 is 2.88 bits per heavy atom. The summed E-state index contributed by atoms with van der Waals surface area (Å²) in [4.78, 5) is 22.2. The molecule has 0 radical (unpaired) electrons. The van der Waals surface area contributed by atoms with Crippen LogP contribution in [0.2, 0.25) is 0 Å². The molecule has 1 amide bonds. The van der Waals surface area contributed by atoms with Gasteiger partial charge >= 0.3 is 5.69 Å². The number of hydrogen-bond acceptors (Lipinski definition) is 6. The number of nitro groups is 1. The molecule has 0 aliphatic rings. The van der Waals surface area contributed by atoms with Crippen LogP contribution in [-0.4, -0.2) is 36.6 Å². The van der Waals surface area contributed by atoms with Crippen molar-refractivity contribution in [3.63, 3.8) is 0 Å². The first-order chi connectivity index (χ1) is 11.3. The first-order valence-electron chi connectivity index (χ1n) is 7.09. The molecule has 0 bridgehead atoms. The molecule has 2 aromatic heterocycles. The molecule has 0 spiro atoms. The van der Waals surface area contributed by atoms with Gasteiger partial charge in [0.05, 0.1) is 22.9 Å². The van der Waals surface area contributed by atoms with E-state index in [1.54, 1.807) is 6.92 Å². The predicted molar refractivity (Wildman–Crippen MR) is 81.9 cm³/mol. The van der Waals surface area contributed by atoms with Gasteiger partial charge in [0.1, 0.15) is 17.9 Å². The van der Waals surface area contributed by atoms with Crippen LogP contribution in [0.3, 0.4) is 0 Å². The molecule has 0 saturated heterocycles. The molecule has 0 aliphatic carbocycles. The average molecular weight is 337 g/mol. The van der Waals surface area contributed by atoms with Gasteiger partial charge in [-0.15, -0.1) is 0 Å². The number of carbonyl (C=O) groups excluding carboxylic acids is 1. The molecule has 2 heterocycles. The minimum Gasteiger partial charge on any atom is -0.271 e. The quantitative estimate of drug-likeness (QED) is 0.482. The summed E-state index contributed by atoms with van der Waals surface area (Å²) in [5.41, 5.74) is 2.40. The Morgan fingerprint density at radius 1 is 1.62 bits per heavy atom. The Morgan fingerprint density at radius 2 is 2.33 bits per heavy atom. The third kappa shape index (κ3) is 3.45. The van der Waals surface area contributed by atoms with Crippen LogP contribution in [0.25, 0.3) is 0 Å². The van der Waals surface area contributed by atoms with Gasteiger partial charge in [0, 0.05) is 6.54 Å². The van der Waals surface area contributed by atoms with Gasteiger partial charge in [0.2, 0.25) is 5.95 Å². The lowest BCUT2D eigenvalue weighted by atomic mass is 10.3. The third-order valence-electron chi connectivity index (χ3n) is 3.34. The summed E-state index contributed by atoms with van der Waals surface area (Å²) < 4.78 is 16.0. The maximum absolute atomic E-state index is 13.7. The fourth-order valence-electron chi connectivity index (χ4n) is 1.92. The molecule has 0 unspecified atom stereocenters. The number of aryl methyl sites for hydroxylation is 2. The molecular weight excluding hydrogens is 321 g/mol. The predicted octanol–water partition coefficient (Wildman–Crippen LogP) is 1.17. The van der Waals surface area contributed by atoms with Crippen molar-refractivity contribution in [1.82, 2.24) is 25.0 Å².